The van der Waals surface area contributed by atoms with E-state index in [1.807, 2.05) is 21.0 Å². The Hall–Kier alpha value is -0.316. The summed E-state index contributed by atoms with van der Waals surface area (Å²) in [5, 5.41) is 19.9. The standard InChI is InChI=1S/C21H38O3.C8H17NO2.C8H16O2.V/c1-8-19-16(5)11-14(3)9-13(2)10-15(4)12-17(6)20(22)18(7)21(23)24-19;1-6-4-7(9(2)3)5-8(10)11-6;1-7-6-8(2,9-3)4-5-10-7;/h13-20,22H,8,10-12H2,1-7H3;6-8,10H,4-5H2,1-3H3;7H,4-6H2,1-3H3;/t13-,14-,15?,16+,17?,18?,19?,20?;;7?,8-;/m0.1./s1. The summed E-state index contributed by atoms with van der Waals surface area (Å²) in [6.45, 7) is 22.1. The number of cyclic esters (lactones) is 1. The van der Waals surface area contributed by atoms with Crippen molar-refractivity contribution >= 4 is 10.2 Å². The number of carbonyl (C=O) groups excluding carboxylic acids is 1. The molecule has 0 radical (unpaired) electrons. The van der Waals surface area contributed by atoms with Crippen LogP contribution in [0.5, 0.6) is 0 Å². The molecule has 3 fully saturated rings. The number of carbonyl (C=O) groups is 1. The first-order valence-corrected chi connectivity index (χ1v) is 18.6. The first-order valence-electron chi connectivity index (χ1n) is 17.9. The zero-order valence-electron chi connectivity index (χ0n) is 31.6. The van der Waals surface area contributed by atoms with Gasteiger partial charge in [0.15, 0.2) is 6.29 Å². The maximum absolute atomic E-state index is 12.5. The summed E-state index contributed by atoms with van der Waals surface area (Å²) < 4.78 is 23.3. The van der Waals surface area contributed by atoms with Crippen LogP contribution in [0.15, 0.2) is 0 Å². The molecule has 3 aliphatic heterocycles. The minimum absolute atomic E-state index is 0.0671. The second-order valence-electron chi connectivity index (χ2n) is 15.4. The second kappa shape index (κ2) is 21.0. The molecular weight excluding hydrogens is 621 g/mol. The number of rotatable bonds is 3. The monoisotopic (exact) mass is 692 g/mol. The minimum atomic E-state index is -0.638. The van der Waals surface area contributed by atoms with Gasteiger partial charge in [0.1, 0.15) is 0 Å². The number of esters is 1. The van der Waals surface area contributed by atoms with Crippen molar-refractivity contribution < 1.29 is 50.9 Å². The van der Waals surface area contributed by atoms with Gasteiger partial charge in [-0.25, -0.2) is 0 Å². The van der Waals surface area contributed by atoms with Gasteiger partial charge in [0.2, 0.25) is 0 Å². The van der Waals surface area contributed by atoms with E-state index in [0.717, 1.165) is 58.0 Å². The average molecular weight is 693 g/mol. The third kappa shape index (κ3) is 15.1. The van der Waals surface area contributed by atoms with E-state index in [2.05, 4.69) is 77.3 Å². The van der Waals surface area contributed by atoms with Crippen molar-refractivity contribution in [2.75, 3.05) is 27.8 Å². The number of aliphatic hydroxyl groups excluding tert-OH is 2. The Morgan fingerprint density at radius 1 is 0.913 bits per heavy atom. The minimum Gasteiger partial charge on any atom is -0.378 e. The number of aliphatic hydroxyl groups is 2. The molecule has 271 valence electrons. The summed E-state index contributed by atoms with van der Waals surface area (Å²) in [7, 11) is 5.85. The Kier molecular flexibility index (Phi) is 20.0. The molecule has 3 heterocycles. The van der Waals surface area contributed by atoms with Gasteiger partial charge < -0.3 is 24.2 Å². The maximum Gasteiger partial charge on any atom is 0.0697 e. The van der Waals surface area contributed by atoms with Crippen LogP contribution in [-0.2, 0) is 40.7 Å². The molecule has 0 aromatic rings. The van der Waals surface area contributed by atoms with Crippen molar-refractivity contribution in [3.05, 3.63) is 0 Å². The molecule has 3 aliphatic rings. The largest absolute Gasteiger partial charge is 0.378 e. The van der Waals surface area contributed by atoms with Crippen molar-refractivity contribution in [3.8, 4) is 0 Å². The summed E-state index contributed by atoms with van der Waals surface area (Å²) in [4.78, 5) is 14.7. The molecule has 13 atom stereocenters. The molecule has 0 spiro atoms. The molecule has 46 heavy (non-hydrogen) atoms. The number of hydrogen-bond donors (Lipinski definition) is 2. The van der Waals surface area contributed by atoms with Crippen molar-refractivity contribution in [1.82, 2.24) is 4.90 Å². The van der Waals surface area contributed by atoms with E-state index in [1.54, 1.807) is 14.0 Å². The molecule has 8 nitrogen and oxygen atoms in total. The van der Waals surface area contributed by atoms with Gasteiger partial charge in [-0.3, -0.25) is 0 Å². The predicted molar refractivity (Wildman–Crippen MR) is 183 cm³/mol. The molecule has 0 aliphatic carbocycles. The topological polar surface area (TPSA) is 97.7 Å². The number of ether oxygens (including phenoxy) is 4. The predicted octanol–water partition coefficient (Wildman–Crippen LogP) is 6.41. The molecule has 9 heteroatoms. The fourth-order valence-electron chi connectivity index (χ4n) is 7.34. The molecule has 2 N–H and O–H groups in total. The first-order chi connectivity index (χ1) is 21.3. The normalized spacial score (nSPS) is 41.6. The molecule has 3 saturated heterocycles. The summed E-state index contributed by atoms with van der Waals surface area (Å²) in [6, 6.07) is 0.466. The fourth-order valence-corrected chi connectivity index (χ4v) is 7.67. The molecule has 9 unspecified atom stereocenters. The van der Waals surface area contributed by atoms with E-state index in [1.165, 1.54) is 4.23 Å². The van der Waals surface area contributed by atoms with Crippen molar-refractivity contribution in [1.29, 1.82) is 0 Å². The third-order valence-electron chi connectivity index (χ3n) is 10.5. The second-order valence-corrected chi connectivity index (χ2v) is 16.2. The van der Waals surface area contributed by atoms with Crippen LogP contribution in [0.1, 0.15) is 121 Å². The van der Waals surface area contributed by atoms with Gasteiger partial charge in [-0.15, -0.1) is 0 Å². The van der Waals surface area contributed by atoms with E-state index in [9.17, 15) is 15.0 Å². The van der Waals surface area contributed by atoms with Crippen LogP contribution in [0, 0.1) is 35.5 Å². The van der Waals surface area contributed by atoms with E-state index < -0.39 is 18.3 Å². The zero-order valence-corrected chi connectivity index (χ0v) is 33.0. The number of methoxy groups -OCH3 is 1. The van der Waals surface area contributed by atoms with Crippen LogP contribution in [0.2, 0.25) is 0 Å². The maximum atomic E-state index is 12.5. The van der Waals surface area contributed by atoms with Crippen LogP contribution in [0.4, 0.5) is 0 Å². The molecule has 0 saturated carbocycles. The van der Waals surface area contributed by atoms with Gasteiger partial charge in [-0.1, -0.05) is 0 Å². The van der Waals surface area contributed by atoms with Gasteiger partial charge in [0.05, 0.1) is 17.8 Å². The van der Waals surface area contributed by atoms with E-state index >= 15 is 0 Å². The SMILES string of the molecule is CC1CC(N(C)C)CC(O)O1.CCC1OC(=O)C(C)C(O)C(C)CC(C)C[C@@H](C)[C](=[V])[C@H](C)C[C@H]1C.CO[C@]1(C)CCOC(C)C1. The van der Waals surface area contributed by atoms with E-state index in [0.29, 0.717) is 35.8 Å². The van der Waals surface area contributed by atoms with Crippen LogP contribution in [0.3, 0.4) is 0 Å². The molecule has 0 amide bonds. The van der Waals surface area contributed by atoms with Crippen LogP contribution in [-0.4, -0.2) is 95.5 Å². The van der Waals surface area contributed by atoms with Gasteiger partial charge in [-0.05, 0) is 47.7 Å². The van der Waals surface area contributed by atoms with E-state index in [-0.39, 0.29) is 29.7 Å². The van der Waals surface area contributed by atoms with Gasteiger partial charge in [0.25, 0.3) is 0 Å². The molecule has 0 aromatic carbocycles. The van der Waals surface area contributed by atoms with Crippen molar-refractivity contribution in [2.45, 2.75) is 163 Å². The van der Waals surface area contributed by atoms with Crippen molar-refractivity contribution in [2.24, 2.45) is 35.5 Å². The summed E-state index contributed by atoms with van der Waals surface area (Å²) >= 11 is 2.81. The summed E-state index contributed by atoms with van der Waals surface area (Å²) in [6.07, 6.45) is 6.98. The Bertz CT molecular complexity index is 880. The molecule has 0 bridgehead atoms. The number of hydrogen-bond acceptors (Lipinski definition) is 8. The van der Waals surface area contributed by atoms with E-state index in [4.69, 9.17) is 18.9 Å². The Labute approximate surface area is 291 Å². The van der Waals surface area contributed by atoms with Gasteiger partial charge in [0, 0.05) is 32.6 Å². The third-order valence-corrected chi connectivity index (χ3v) is 11.9. The van der Waals surface area contributed by atoms with Gasteiger partial charge >= 0.3 is 164 Å². The average Bonchev–Trinajstić information content (AvgIpc) is 2.97. The van der Waals surface area contributed by atoms with Crippen LogP contribution < -0.4 is 0 Å². The molecule has 3 rings (SSSR count). The molecular formula is C37H71NO7V. The van der Waals surface area contributed by atoms with Crippen LogP contribution in [0.25, 0.3) is 0 Å². The first kappa shape index (κ1) is 43.7. The number of nitrogens with zero attached hydrogens (tertiary/aromatic N) is 1. The smallest absolute Gasteiger partial charge is 0.0697 e. The van der Waals surface area contributed by atoms with Crippen LogP contribution >= 0.6 is 0 Å². The Morgan fingerprint density at radius 2 is 1.52 bits per heavy atom. The fraction of sp³-hybridized carbons (Fsp3) is 0.946. The zero-order chi connectivity index (χ0) is 35.4. The van der Waals surface area contributed by atoms with Gasteiger partial charge in [-0.2, -0.15) is 0 Å². The Morgan fingerprint density at radius 3 is 2.02 bits per heavy atom. The molecule has 0 aromatic heterocycles. The summed E-state index contributed by atoms with van der Waals surface area (Å²) in [5.74, 6) is 1.29. The van der Waals surface area contributed by atoms with Crippen molar-refractivity contribution in [3.63, 3.8) is 0 Å². The Balaban J connectivity index is 0.000000410. The summed E-state index contributed by atoms with van der Waals surface area (Å²) in [5.41, 5.74) is 0.0671. The quantitative estimate of drug-likeness (QED) is 0.328.